The number of carboxylic acid groups (broad SMARTS) is 1. The van der Waals surface area contributed by atoms with E-state index in [9.17, 15) is 4.79 Å². The predicted octanol–water partition coefficient (Wildman–Crippen LogP) is 3.03. The first kappa shape index (κ1) is 13.1. The first-order valence-electron chi connectivity index (χ1n) is 6.11. The highest BCUT2D eigenvalue weighted by molar-refractivity contribution is 5.86. The van der Waals surface area contributed by atoms with E-state index in [0.29, 0.717) is 17.7 Å². The molecule has 1 N–H and O–H groups in total. The Labute approximate surface area is 111 Å². The molecule has 0 aliphatic rings. The van der Waals surface area contributed by atoms with Gasteiger partial charge in [-0.05, 0) is 36.8 Å². The molecule has 0 unspecified atom stereocenters. The fraction of sp³-hybridized carbons (Fsp3) is 0.200. The van der Waals surface area contributed by atoms with Gasteiger partial charge in [0.2, 0.25) is 0 Å². The second-order valence-corrected chi connectivity index (χ2v) is 4.03. The van der Waals surface area contributed by atoms with Crippen molar-refractivity contribution in [2.45, 2.75) is 13.3 Å². The van der Waals surface area contributed by atoms with Crippen LogP contribution in [0.1, 0.15) is 13.3 Å². The number of pyridine rings is 1. The van der Waals surface area contributed by atoms with Crippen LogP contribution in [0.4, 0.5) is 0 Å². The third-order valence-corrected chi connectivity index (χ3v) is 2.83. The number of carboxylic acids is 1. The lowest BCUT2D eigenvalue weighted by molar-refractivity contribution is -0.132. The Morgan fingerprint density at radius 1 is 1.37 bits per heavy atom. The highest BCUT2D eigenvalue weighted by Crippen LogP contribution is 2.23. The summed E-state index contributed by atoms with van der Waals surface area (Å²) in [5.74, 6) is -0.187. The number of rotatable bonds is 5. The van der Waals surface area contributed by atoms with Gasteiger partial charge >= 0.3 is 5.97 Å². The minimum Gasteiger partial charge on any atom is -0.489 e. The number of carbonyl (C=O) groups is 1. The molecular formula is C15H15NO3. The summed E-state index contributed by atoms with van der Waals surface area (Å²) in [6, 6.07) is 9.41. The molecule has 0 saturated carbocycles. The molecule has 0 aliphatic carbocycles. The van der Waals surface area contributed by atoms with E-state index in [0.717, 1.165) is 10.9 Å². The van der Waals surface area contributed by atoms with Crippen molar-refractivity contribution in [2.75, 3.05) is 6.61 Å². The Morgan fingerprint density at radius 3 is 2.95 bits per heavy atom. The zero-order chi connectivity index (χ0) is 13.7. The number of hydrogen-bond acceptors (Lipinski definition) is 3. The maximum Gasteiger partial charge on any atom is 0.331 e. The lowest BCUT2D eigenvalue weighted by atomic mass is 10.2. The van der Waals surface area contributed by atoms with E-state index < -0.39 is 5.97 Å². The van der Waals surface area contributed by atoms with E-state index in [1.54, 1.807) is 12.3 Å². The third-order valence-electron chi connectivity index (χ3n) is 2.83. The molecule has 1 aromatic heterocycles. The first-order valence-corrected chi connectivity index (χ1v) is 6.11. The highest BCUT2D eigenvalue weighted by Gasteiger charge is 2.04. The third kappa shape index (κ3) is 3.10. The smallest absolute Gasteiger partial charge is 0.331 e. The number of fused-ring (bicyclic) bond motifs is 1. The van der Waals surface area contributed by atoms with Crippen LogP contribution in [0.5, 0.6) is 5.75 Å². The highest BCUT2D eigenvalue weighted by atomic mass is 16.5. The summed E-state index contributed by atoms with van der Waals surface area (Å²) in [4.78, 5) is 15.1. The van der Waals surface area contributed by atoms with Crippen LogP contribution < -0.4 is 4.74 Å². The standard InChI is InChI=1S/C15H15NO3/c1-2-11(15(17)18)8-10-19-14-7-3-6-13-12(14)5-4-9-16-13/h3-9H,2,10H2,1H3,(H,17,18)/b11-8-. The molecule has 98 valence electrons. The quantitative estimate of drug-likeness (QED) is 0.836. The zero-order valence-electron chi connectivity index (χ0n) is 10.7. The molecule has 0 bridgehead atoms. The summed E-state index contributed by atoms with van der Waals surface area (Å²) in [6.07, 6.45) is 3.80. The number of nitrogens with zero attached hydrogens (tertiary/aromatic N) is 1. The molecule has 4 nitrogen and oxygen atoms in total. The van der Waals surface area contributed by atoms with Crippen LogP contribution in [0, 0.1) is 0 Å². The molecule has 0 saturated heterocycles. The fourth-order valence-corrected chi connectivity index (χ4v) is 1.82. The van der Waals surface area contributed by atoms with Crippen molar-refractivity contribution < 1.29 is 14.6 Å². The Kier molecular flexibility index (Phi) is 4.13. The maximum absolute atomic E-state index is 10.9. The molecule has 19 heavy (non-hydrogen) atoms. The van der Waals surface area contributed by atoms with Gasteiger partial charge in [0.25, 0.3) is 0 Å². The van der Waals surface area contributed by atoms with Gasteiger partial charge in [-0.25, -0.2) is 4.79 Å². The monoisotopic (exact) mass is 257 g/mol. The van der Waals surface area contributed by atoms with Crippen molar-refractivity contribution in [1.82, 2.24) is 4.98 Å². The summed E-state index contributed by atoms with van der Waals surface area (Å²) in [5, 5.41) is 9.83. The molecule has 1 heterocycles. The van der Waals surface area contributed by atoms with Crippen molar-refractivity contribution >= 4 is 16.9 Å². The molecule has 0 spiro atoms. The van der Waals surface area contributed by atoms with E-state index in [-0.39, 0.29) is 6.61 Å². The summed E-state index contributed by atoms with van der Waals surface area (Å²) in [5.41, 5.74) is 1.22. The van der Waals surface area contributed by atoms with Crippen LogP contribution in [0.15, 0.2) is 48.2 Å². The predicted molar refractivity (Wildman–Crippen MR) is 73.2 cm³/mol. The Balaban J connectivity index is 2.16. The van der Waals surface area contributed by atoms with Gasteiger partial charge in [0.1, 0.15) is 12.4 Å². The molecule has 0 aliphatic heterocycles. The molecular weight excluding hydrogens is 242 g/mol. The summed E-state index contributed by atoms with van der Waals surface area (Å²) < 4.78 is 5.62. The van der Waals surface area contributed by atoms with Crippen molar-refractivity contribution in [3.8, 4) is 5.75 Å². The van der Waals surface area contributed by atoms with Crippen LogP contribution in [0.25, 0.3) is 10.9 Å². The van der Waals surface area contributed by atoms with Gasteiger partial charge in [0, 0.05) is 17.2 Å². The van der Waals surface area contributed by atoms with Crippen molar-refractivity contribution in [3.05, 3.63) is 48.2 Å². The summed E-state index contributed by atoms with van der Waals surface area (Å²) in [7, 11) is 0. The number of benzene rings is 1. The molecule has 4 heteroatoms. The van der Waals surface area contributed by atoms with Gasteiger partial charge in [-0.2, -0.15) is 0 Å². The van der Waals surface area contributed by atoms with Gasteiger partial charge in [-0.15, -0.1) is 0 Å². The van der Waals surface area contributed by atoms with E-state index in [2.05, 4.69) is 4.98 Å². The number of ether oxygens (including phenoxy) is 1. The van der Waals surface area contributed by atoms with E-state index in [4.69, 9.17) is 9.84 Å². The molecule has 0 amide bonds. The SMILES string of the molecule is CC/C(=C/COc1cccc2ncccc12)C(=O)O. The largest absolute Gasteiger partial charge is 0.489 e. The van der Waals surface area contributed by atoms with E-state index in [1.807, 2.05) is 37.3 Å². The lowest BCUT2D eigenvalue weighted by Gasteiger charge is -2.07. The Bertz CT molecular complexity index is 614. The second kappa shape index (κ2) is 6.00. The minimum absolute atomic E-state index is 0.240. The van der Waals surface area contributed by atoms with Crippen molar-refractivity contribution in [2.24, 2.45) is 0 Å². The molecule has 2 rings (SSSR count). The second-order valence-electron chi connectivity index (χ2n) is 4.03. The molecule has 0 radical (unpaired) electrons. The van der Waals surface area contributed by atoms with Gasteiger partial charge in [0.05, 0.1) is 5.52 Å². The van der Waals surface area contributed by atoms with Gasteiger partial charge in [0.15, 0.2) is 0 Å². The van der Waals surface area contributed by atoms with Crippen LogP contribution in [-0.4, -0.2) is 22.7 Å². The van der Waals surface area contributed by atoms with Gasteiger partial charge < -0.3 is 9.84 Å². The maximum atomic E-state index is 10.9. The Morgan fingerprint density at radius 2 is 2.21 bits per heavy atom. The minimum atomic E-state index is -0.898. The summed E-state index contributed by atoms with van der Waals surface area (Å²) >= 11 is 0. The topological polar surface area (TPSA) is 59.4 Å². The molecule has 1 aromatic carbocycles. The van der Waals surface area contributed by atoms with Crippen LogP contribution in [-0.2, 0) is 4.79 Å². The fourth-order valence-electron chi connectivity index (χ4n) is 1.82. The van der Waals surface area contributed by atoms with Crippen molar-refractivity contribution in [3.63, 3.8) is 0 Å². The van der Waals surface area contributed by atoms with E-state index >= 15 is 0 Å². The van der Waals surface area contributed by atoms with Crippen molar-refractivity contribution in [1.29, 1.82) is 0 Å². The average molecular weight is 257 g/mol. The number of hydrogen-bond donors (Lipinski definition) is 1. The molecule has 0 atom stereocenters. The normalized spacial score (nSPS) is 11.5. The van der Waals surface area contributed by atoms with E-state index in [1.165, 1.54) is 0 Å². The van der Waals surface area contributed by atoms with Crippen LogP contribution >= 0.6 is 0 Å². The Hall–Kier alpha value is -2.36. The number of aromatic nitrogens is 1. The molecule has 2 aromatic rings. The van der Waals surface area contributed by atoms with Gasteiger partial charge in [-0.1, -0.05) is 13.0 Å². The summed E-state index contributed by atoms with van der Waals surface area (Å²) in [6.45, 7) is 2.05. The first-order chi connectivity index (χ1) is 9.22. The molecule has 0 fully saturated rings. The average Bonchev–Trinajstić information content (AvgIpc) is 2.43. The van der Waals surface area contributed by atoms with Crippen LogP contribution in [0.3, 0.4) is 0 Å². The van der Waals surface area contributed by atoms with Gasteiger partial charge in [-0.3, -0.25) is 4.98 Å². The lowest BCUT2D eigenvalue weighted by Crippen LogP contribution is -2.03. The number of aliphatic carboxylic acids is 1. The zero-order valence-corrected chi connectivity index (χ0v) is 10.7. The van der Waals surface area contributed by atoms with Crippen LogP contribution in [0.2, 0.25) is 0 Å².